The van der Waals surface area contributed by atoms with Gasteiger partial charge in [0.05, 0.1) is 11.4 Å². The van der Waals surface area contributed by atoms with Gasteiger partial charge in [0.15, 0.2) is 5.75 Å². The van der Waals surface area contributed by atoms with Gasteiger partial charge in [-0.3, -0.25) is 4.79 Å². The highest BCUT2D eigenvalue weighted by Gasteiger charge is 2.20. The molecule has 3 aromatic carbocycles. The minimum Gasteiger partial charge on any atom is -0.424 e. The fourth-order valence-corrected chi connectivity index (χ4v) is 3.98. The number of benzene rings is 3. The summed E-state index contributed by atoms with van der Waals surface area (Å²) in [5.74, 6) is 0.397. The average molecular weight is 361 g/mol. The van der Waals surface area contributed by atoms with Gasteiger partial charge in [-0.2, -0.15) is 0 Å². The molecular formula is C22H19NO2S. The van der Waals surface area contributed by atoms with Crippen LogP contribution < -0.4 is 10.1 Å². The first-order valence-corrected chi connectivity index (χ1v) is 9.53. The van der Waals surface area contributed by atoms with Gasteiger partial charge >= 0.3 is 5.97 Å². The summed E-state index contributed by atoms with van der Waals surface area (Å²) in [4.78, 5) is 14.5. The molecule has 0 saturated carbocycles. The standard InChI is InChI=1S/C22H19NO2S/c24-21(15-6-10-16-8-2-1-3-9-16)25-18-12-7-14-20-22(18)23-17-11-4-5-13-19(17)26-20/h1-5,7-9,11-14,23H,6,10,15H2. The van der Waals surface area contributed by atoms with E-state index in [4.69, 9.17) is 4.74 Å². The molecule has 1 aliphatic heterocycles. The Bertz CT molecular complexity index is 924. The van der Waals surface area contributed by atoms with Crippen molar-refractivity contribution >= 4 is 29.1 Å². The first-order valence-electron chi connectivity index (χ1n) is 8.71. The summed E-state index contributed by atoms with van der Waals surface area (Å²) in [7, 11) is 0. The van der Waals surface area contributed by atoms with Crippen LogP contribution in [0.3, 0.4) is 0 Å². The monoisotopic (exact) mass is 361 g/mol. The molecule has 0 atom stereocenters. The van der Waals surface area contributed by atoms with Crippen LogP contribution in [0.1, 0.15) is 18.4 Å². The summed E-state index contributed by atoms with van der Waals surface area (Å²) in [6.45, 7) is 0. The molecule has 1 heterocycles. The Balaban J connectivity index is 1.41. The molecule has 4 rings (SSSR count). The van der Waals surface area contributed by atoms with Crippen molar-refractivity contribution in [1.82, 2.24) is 0 Å². The number of aryl methyl sites for hydroxylation is 1. The van der Waals surface area contributed by atoms with Crippen molar-refractivity contribution in [2.75, 3.05) is 5.32 Å². The molecule has 4 heteroatoms. The maximum atomic E-state index is 12.3. The van der Waals surface area contributed by atoms with Gasteiger partial charge in [0.1, 0.15) is 0 Å². The lowest BCUT2D eigenvalue weighted by Gasteiger charge is -2.22. The molecule has 0 spiro atoms. The maximum Gasteiger partial charge on any atom is 0.311 e. The Hall–Kier alpha value is -2.72. The van der Waals surface area contributed by atoms with E-state index in [0.29, 0.717) is 12.2 Å². The zero-order valence-electron chi connectivity index (χ0n) is 14.3. The van der Waals surface area contributed by atoms with E-state index in [1.165, 1.54) is 10.5 Å². The molecule has 0 fully saturated rings. The van der Waals surface area contributed by atoms with E-state index in [1.807, 2.05) is 54.6 Å². The van der Waals surface area contributed by atoms with Gasteiger partial charge in [-0.05, 0) is 42.7 Å². The number of para-hydroxylation sites is 2. The van der Waals surface area contributed by atoms with Gasteiger partial charge in [0.2, 0.25) is 0 Å². The Morgan fingerprint density at radius 1 is 0.885 bits per heavy atom. The minimum absolute atomic E-state index is 0.194. The summed E-state index contributed by atoms with van der Waals surface area (Å²) in [6, 6.07) is 24.1. The lowest BCUT2D eigenvalue weighted by Crippen LogP contribution is -2.10. The SMILES string of the molecule is O=C(CCCc1ccccc1)Oc1cccc2c1Nc1ccccc1S2. The van der Waals surface area contributed by atoms with Crippen LogP contribution in [0.4, 0.5) is 11.4 Å². The molecule has 0 unspecified atom stereocenters. The Morgan fingerprint density at radius 2 is 1.65 bits per heavy atom. The predicted molar refractivity (Wildman–Crippen MR) is 105 cm³/mol. The molecule has 130 valence electrons. The zero-order chi connectivity index (χ0) is 17.8. The molecule has 0 aromatic heterocycles. The van der Waals surface area contributed by atoms with E-state index >= 15 is 0 Å². The topological polar surface area (TPSA) is 38.3 Å². The number of nitrogens with one attached hydrogen (secondary N) is 1. The van der Waals surface area contributed by atoms with Crippen LogP contribution in [-0.4, -0.2) is 5.97 Å². The molecule has 3 nitrogen and oxygen atoms in total. The van der Waals surface area contributed by atoms with E-state index in [0.717, 1.165) is 29.1 Å². The van der Waals surface area contributed by atoms with Crippen LogP contribution in [0.25, 0.3) is 0 Å². The molecule has 0 amide bonds. The first-order chi connectivity index (χ1) is 12.8. The van der Waals surface area contributed by atoms with E-state index in [1.54, 1.807) is 11.8 Å². The second-order valence-electron chi connectivity index (χ2n) is 6.17. The number of fused-ring (bicyclic) bond motifs is 2. The molecule has 0 radical (unpaired) electrons. The van der Waals surface area contributed by atoms with Crippen LogP contribution in [0, 0.1) is 0 Å². The van der Waals surface area contributed by atoms with Gasteiger partial charge in [-0.15, -0.1) is 0 Å². The largest absolute Gasteiger partial charge is 0.424 e. The number of carbonyl (C=O) groups is 1. The van der Waals surface area contributed by atoms with Crippen LogP contribution >= 0.6 is 11.8 Å². The maximum absolute atomic E-state index is 12.3. The van der Waals surface area contributed by atoms with E-state index in [2.05, 4.69) is 23.5 Å². The van der Waals surface area contributed by atoms with Gasteiger partial charge in [-0.25, -0.2) is 0 Å². The highest BCUT2D eigenvalue weighted by atomic mass is 32.2. The van der Waals surface area contributed by atoms with Gasteiger partial charge in [0, 0.05) is 16.2 Å². The zero-order valence-corrected chi connectivity index (χ0v) is 15.1. The van der Waals surface area contributed by atoms with E-state index in [9.17, 15) is 4.79 Å². The molecule has 1 N–H and O–H groups in total. The van der Waals surface area contributed by atoms with Crippen molar-refractivity contribution in [1.29, 1.82) is 0 Å². The third kappa shape index (κ3) is 3.75. The highest BCUT2D eigenvalue weighted by molar-refractivity contribution is 7.99. The average Bonchev–Trinajstić information content (AvgIpc) is 2.68. The smallest absolute Gasteiger partial charge is 0.311 e. The lowest BCUT2D eigenvalue weighted by molar-refractivity contribution is -0.134. The Morgan fingerprint density at radius 3 is 2.54 bits per heavy atom. The van der Waals surface area contributed by atoms with Crippen molar-refractivity contribution in [2.45, 2.75) is 29.1 Å². The number of hydrogen-bond donors (Lipinski definition) is 1. The number of esters is 1. The second-order valence-corrected chi connectivity index (χ2v) is 7.25. The van der Waals surface area contributed by atoms with E-state index < -0.39 is 0 Å². The number of hydrogen-bond acceptors (Lipinski definition) is 4. The lowest BCUT2D eigenvalue weighted by atomic mass is 10.1. The fraction of sp³-hybridized carbons (Fsp3) is 0.136. The normalized spacial score (nSPS) is 11.8. The Kier molecular flexibility index (Phi) is 4.93. The predicted octanol–water partition coefficient (Wildman–Crippen LogP) is 5.82. The van der Waals surface area contributed by atoms with Gasteiger partial charge in [0.25, 0.3) is 0 Å². The van der Waals surface area contributed by atoms with Crippen LogP contribution in [0.2, 0.25) is 0 Å². The van der Waals surface area contributed by atoms with Crippen LogP contribution in [0.15, 0.2) is 82.6 Å². The Labute approximate surface area is 157 Å². The van der Waals surface area contributed by atoms with Crippen LogP contribution in [-0.2, 0) is 11.2 Å². The number of ether oxygens (including phenoxy) is 1. The molecule has 3 aromatic rings. The molecule has 0 bridgehead atoms. The number of anilines is 2. The third-order valence-electron chi connectivity index (χ3n) is 4.27. The second kappa shape index (κ2) is 7.67. The quantitative estimate of drug-likeness (QED) is 0.359. The third-order valence-corrected chi connectivity index (χ3v) is 5.40. The minimum atomic E-state index is -0.194. The van der Waals surface area contributed by atoms with Crippen molar-refractivity contribution in [2.24, 2.45) is 0 Å². The van der Waals surface area contributed by atoms with Crippen LogP contribution in [0.5, 0.6) is 5.75 Å². The summed E-state index contributed by atoms with van der Waals surface area (Å²) in [5.41, 5.74) is 3.15. The van der Waals surface area contributed by atoms with Crippen molar-refractivity contribution in [3.63, 3.8) is 0 Å². The molecular weight excluding hydrogens is 342 g/mol. The van der Waals surface area contributed by atoms with Gasteiger partial charge < -0.3 is 10.1 Å². The highest BCUT2D eigenvalue weighted by Crippen LogP contribution is 2.47. The van der Waals surface area contributed by atoms with Crippen molar-refractivity contribution < 1.29 is 9.53 Å². The summed E-state index contributed by atoms with van der Waals surface area (Å²) >= 11 is 1.69. The van der Waals surface area contributed by atoms with Crippen molar-refractivity contribution in [3.05, 3.63) is 78.4 Å². The molecule has 1 aliphatic rings. The summed E-state index contributed by atoms with van der Waals surface area (Å²) < 4.78 is 5.65. The molecule has 26 heavy (non-hydrogen) atoms. The molecule has 0 saturated heterocycles. The fourth-order valence-electron chi connectivity index (χ4n) is 2.97. The summed E-state index contributed by atoms with van der Waals surface area (Å²) in [6.07, 6.45) is 2.06. The van der Waals surface area contributed by atoms with E-state index in [-0.39, 0.29) is 5.97 Å². The molecule has 0 aliphatic carbocycles. The number of rotatable bonds is 5. The number of carbonyl (C=O) groups excluding carboxylic acids is 1. The first kappa shape index (κ1) is 16.7. The summed E-state index contributed by atoms with van der Waals surface area (Å²) in [5, 5.41) is 3.40. The van der Waals surface area contributed by atoms with Crippen molar-refractivity contribution in [3.8, 4) is 5.75 Å². The van der Waals surface area contributed by atoms with Gasteiger partial charge in [-0.1, -0.05) is 60.3 Å².